The van der Waals surface area contributed by atoms with Gasteiger partial charge < -0.3 is 20.1 Å². The number of rotatable bonds is 13. The van der Waals surface area contributed by atoms with Gasteiger partial charge in [0.05, 0.1) is 19.3 Å². The lowest BCUT2D eigenvalue weighted by atomic mass is 10.0. The predicted molar refractivity (Wildman–Crippen MR) is 77.3 cm³/mol. The summed E-state index contributed by atoms with van der Waals surface area (Å²) in [6.45, 7) is 1.43. The zero-order valence-electron chi connectivity index (χ0n) is 12.6. The number of carbonyl (C=O) groups excluding carboxylic acids is 1. The summed E-state index contributed by atoms with van der Waals surface area (Å²) < 4.78 is 4.84. The van der Waals surface area contributed by atoms with Crippen LogP contribution in [0.1, 0.15) is 64.7 Å². The van der Waals surface area contributed by atoms with E-state index < -0.39 is 12.1 Å². The molecule has 3 N–H and O–H groups in total. The highest BCUT2D eigenvalue weighted by Gasteiger charge is 2.13. The molecule has 0 aromatic rings. The summed E-state index contributed by atoms with van der Waals surface area (Å²) >= 11 is 0. The van der Waals surface area contributed by atoms with Crippen molar-refractivity contribution in [3.05, 3.63) is 0 Å². The van der Waals surface area contributed by atoms with E-state index in [1.807, 2.05) is 0 Å². The molecule has 120 valence electrons. The fourth-order valence-electron chi connectivity index (χ4n) is 1.99. The molecule has 0 amide bonds. The molecular formula is C15H30O5. The molecule has 0 radical (unpaired) electrons. The van der Waals surface area contributed by atoms with Crippen LogP contribution in [0.2, 0.25) is 0 Å². The second-order valence-corrected chi connectivity index (χ2v) is 5.23. The van der Waals surface area contributed by atoms with E-state index in [2.05, 4.69) is 6.92 Å². The number of hydrogen-bond acceptors (Lipinski definition) is 5. The van der Waals surface area contributed by atoms with Gasteiger partial charge in [-0.25, -0.2) is 0 Å². The van der Waals surface area contributed by atoms with Crippen LogP contribution in [-0.4, -0.2) is 46.7 Å². The van der Waals surface area contributed by atoms with Crippen molar-refractivity contribution in [2.75, 3.05) is 13.2 Å². The molecule has 0 heterocycles. The van der Waals surface area contributed by atoms with E-state index >= 15 is 0 Å². The Labute approximate surface area is 122 Å². The lowest BCUT2D eigenvalue weighted by Crippen LogP contribution is -2.25. The van der Waals surface area contributed by atoms with Crippen LogP contribution in [0.4, 0.5) is 0 Å². The second kappa shape index (κ2) is 13.3. The van der Waals surface area contributed by atoms with Crippen molar-refractivity contribution >= 4 is 5.97 Å². The Balaban J connectivity index is 3.50. The minimum atomic E-state index is -0.828. The van der Waals surface area contributed by atoms with E-state index in [4.69, 9.17) is 14.9 Å². The average molecular weight is 290 g/mol. The fourth-order valence-corrected chi connectivity index (χ4v) is 1.99. The number of aliphatic hydroxyl groups excluding tert-OH is 3. The molecule has 0 saturated heterocycles. The minimum absolute atomic E-state index is 0.212. The molecule has 0 saturated carbocycles. The predicted octanol–water partition coefficient (Wildman–Crippen LogP) is 1.77. The highest BCUT2D eigenvalue weighted by atomic mass is 16.6. The van der Waals surface area contributed by atoms with E-state index in [9.17, 15) is 9.90 Å². The lowest BCUT2D eigenvalue weighted by molar-refractivity contribution is -0.153. The van der Waals surface area contributed by atoms with Gasteiger partial charge in [0.2, 0.25) is 0 Å². The SMILES string of the molecule is CCCCCCCC(O)CCCC(=O)OC(CO)CO. The van der Waals surface area contributed by atoms with Crippen LogP contribution in [0.25, 0.3) is 0 Å². The number of ether oxygens (including phenoxy) is 1. The Bertz CT molecular complexity index is 228. The van der Waals surface area contributed by atoms with Gasteiger partial charge in [0.1, 0.15) is 6.10 Å². The normalized spacial score (nSPS) is 12.7. The van der Waals surface area contributed by atoms with Gasteiger partial charge in [-0.1, -0.05) is 39.0 Å². The first kappa shape index (κ1) is 19.4. The Hall–Kier alpha value is -0.650. The number of aliphatic hydroxyl groups is 3. The molecule has 0 rings (SSSR count). The number of hydrogen-bond donors (Lipinski definition) is 3. The molecule has 0 aliphatic carbocycles. The molecule has 5 nitrogen and oxygen atoms in total. The van der Waals surface area contributed by atoms with E-state index in [1.165, 1.54) is 19.3 Å². The van der Waals surface area contributed by atoms with Crippen LogP contribution in [0.5, 0.6) is 0 Å². The first-order valence-corrected chi connectivity index (χ1v) is 7.73. The molecule has 0 aromatic carbocycles. The molecule has 0 aromatic heterocycles. The highest BCUT2D eigenvalue weighted by molar-refractivity contribution is 5.69. The van der Waals surface area contributed by atoms with Crippen LogP contribution in [0.3, 0.4) is 0 Å². The van der Waals surface area contributed by atoms with Crippen molar-refractivity contribution < 1.29 is 24.9 Å². The molecule has 0 spiro atoms. The standard InChI is InChI=1S/C15H30O5/c1-2-3-4-5-6-8-13(18)9-7-10-15(19)20-14(11-16)12-17/h13-14,16-18H,2-12H2,1H3. The molecular weight excluding hydrogens is 260 g/mol. The third-order valence-electron chi connectivity index (χ3n) is 3.26. The maximum atomic E-state index is 11.4. The van der Waals surface area contributed by atoms with Gasteiger partial charge >= 0.3 is 5.97 Å². The molecule has 1 unspecified atom stereocenters. The third kappa shape index (κ3) is 11.2. The molecule has 0 bridgehead atoms. The van der Waals surface area contributed by atoms with Crippen LogP contribution in [0, 0.1) is 0 Å². The summed E-state index contributed by atoms with van der Waals surface area (Å²) in [6, 6.07) is 0. The molecule has 0 aliphatic rings. The lowest BCUT2D eigenvalue weighted by Gasteiger charge is -2.13. The van der Waals surface area contributed by atoms with Crippen molar-refractivity contribution in [2.45, 2.75) is 76.9 Å². The van der Waals surface area contributed by atoms with Crippen molar-refractivity contribution in [3.63, 3.8) is 0 Å². The largest absolute Gasteiger partial charge is 0.457 e. The van der Waals surface area contributed by atoms with Crippen LogP contribution >= 0.6 is 0 Å². The summed E-state index contributed by atoms with van der Waals surface area (Å²) in [7, 11) is 0. The molecule has 20 heavy (non-hydrogen) atoms. The molecule has 0 fully saturated rings. The Morgan fingerprint density at radius 3 is 2.20 bits per heavy atom. The van der Waals surface area contributed by atoms with Gasteiger partial charge in [-0.15, -0.1) is 0 Å². The Morgan fingerprint density at radius 1 is 1.00 bits per heavy atom. The first-order valence-electron chi connectivity index (χ1n) is 7.73. The van der Waals surface area contributed by atoms with Gasteiger partial charge in [0.25, 0.3) is 0 Å². The topological polar surface area (TPSA) is 87.0 Å². The summed E-state index contributed by atoms with van der Waals surface area (Å²) in [5.74, 6) is -0.437. The van der Waals surface area contributed by atoms with Crippen molar-refractivity contribution in [2.24, 2.45) is 0 Å². The Kier molecular flexibility index (Phi) is 12.9. The fraction of sp³-hybridized carbons (Fsp3) is 0.933. The van der Waals surface area contributed by atoms with Crippen LogP contribution in [-0.2, 0) is 9.53 Å². The zero-order valence-corrected chi connectivity index (χ0v) is 12.6. The van der Waals surface area contributed by atoms with E-state index in [1.54, 1.807) is 0 Å². The van der Waals surface area contributed by atoms with Gasteiger partial charge in [-0.3, -0.25) is 4.79 Å². The van der Waals surface area contributed by atoms with Gasteiger partial charge in [0, 0.05) is 6.42 Å². The van der Waals surface area contributed by atoms with Crippen molar-refractivity contribution in [3.8, 4) is 0 Å². The average Bonchev–Trinajstić information content (AvgIpc) is 2.44. The number of carbonyl (C=O) groups is 1. The van der Waals surface area contributed by atoms with Crippen molar-refractivity contribution in [1.82, 2.24) is 0 Å². The number of esters is 1. The summed E-state index contributed by atoms with van der Waals surface area (Å²) in [6.07, 6.45) is 6.85. The smallest absolute Gasteiger partial charge is 0.306 e. The monoisotopic (exact) mass is 290 g/mol. The molecule has 1 atom stereocenters. The molecule has 5 heteroatoms. The van der Waals surface area contributed by atoms with Gasteiger partial charge in [0.15, 0.2) is 0 Å². The maximum absolute atomic E-state index is 11.4. The van der Waals surface area contributed by atoms with E-state index in [0.29, 0.717) is 12.8 Å². The maximum Gasteiger partial charge on any atom is 0.306 e. The van der Waals surface area contributed by atoms with E-state index in [-0.39, 0.29) is 25.7 Å². The minimum Gasteiger partial charge on any atom is -0.457 e. The van der Waals surface area contributed by atoms with E-state index in [0.717, 1.165) is 19.3 Å². The van der Waals surface area contributed by atoms with Crippen LogP contribution < -0.4 is 0 Å². The zero-order chi connectivity index (χ0) is 15.2. The Morgan fingerprint density at radius 2 is 1.60 bits per heavy atom. The number of unbranched alkanes of at least 4 members (excludes halogenated alkanes) is 4. The highest BCUT2D eigenvalue weighted by Crippen LogP contribution is 2.12. The van der Waals surface area contributed by atoms with Crippen LogP contribution in [0.15, 0.2) is 0 Å². The summed E-state index contributed by atoms with van der Waals surface area (Å²) in [5.41, 5.74) is 0. The quantitative estimate of drug-likeness (QED) is 0.355. The van der Waals surface area contributed by atoms with Gasteiger partial charge in [-0.05, 0) is 19.3 Å². The first-order chi connectivity index (χ1) is 9.63. The third-order valence-corrected chi connectivity index (χ3v) is 3.26. The van der Waals surface area contributed by atoms with Crippen molar-refractivity contribution in [1.29, 1.82) is 0 Å². The van der Waals surface area contributed by atoms with Gasteiger partial charge in [-0.2, -0.15) is 0 Å². The summed E-state index contributed by atoms with van der Waals surface area (Å²) in [4.78, 5) is 11.4. The summed E-state index contributed by atoms with van der Waals surface area (Å²) in [5, 5.41) is 27.3. The second-order valence-electron chi connectivity index (χ2n) is 5.23. The molecule has 0 aliphatic heterocycles.